The maximum atomic E-state index is 5.98. The van der Waals surface area contributed by atoms with E-state index in [-0.39, 0.29) is 0 Å². The zero-order chi connectivity index (χ0) is 11.7. The van der Waals surface area contributed by atoms with Crippen molar-refractivity contribution in [1.29, 1.82) is 0 Å². The monoisotopic (exact) mass is 237 g/mol. The van der Waals surface area contributed by atoms with Gasteiger partial charge in [-0.1, -0.05) is 11.6 Å². The van der Waals surface area contributed by atoms with E-state index in [1.807, 2.05) is 25.1 Å². The number of anilines is 1. The van der Waals surface area contributed by atoms with Gasteiger partial charge in [0.1, 0.15) is 16.6 Å². The number of nitrogen functional groups attached to an aromatic ring is 1. The van der Waals surface area contributed by atoms with Crippen LogP contribution in [0.4, 0.5) is 5.95 Å². The number of rotatable bonds is 2. The topological polar surface area (TPSA) is 63.9 Å². The van der Waals surface area contributed by atoms with Gasteiger partial charge in [-0.25, -0.2) is 4.98 Å². The highest BCUT2D eigenvalue weighted by Crippen LogP contribution is 2.29. The summed E-state index contributed by atoms with van der Waals surface area (Å²) in [6.07, 6.45) is 0. The average Bonchev–Trinajstić information content (AvgIpc) is 2.58. The molecular formula is C11H12ClN3O. The molecule has 4 nitrogen and oxygen atoms in total. The van der Waals surface area contributed by atoms with Crippen LogP contribution >= 0.6 is 11.6 Å². The molecule has 0 saturated carbocycles. The number of hydrogen-bond donors (Lipinski definition) is 2. The van der Waals surface area contributed by atoms with E-state index in [0.717, 1.165) is 16.9 Å². The predicted octanol–water partition coefficient (Wildman–Crippen LogP) is 2.63. The SMILES string of the molecule is COc1ccc(-c2nc(N)[nH]c2Cl)cc1C. The van der Waals surface area contributed by atoms with Gasteiger partial charge < -0.3 is 15.5 Å². The molecule has 0 amide bonds. The molecule has 0 bridgehead atoms. The van der Waals surface area contributed by atoms with E-state index in [9.17, 15) is 0 Å². The smallest absolute Gasteiger partial charge is 0.199 e. The highest BCUT2D eigenvalue weighted by Gasteiger charge is 2.10. The number of aryl methyl sites for hydroxylation is 1. The van der Waals surface area contributed by atoms with Crippen molar-refractivity contribution in [2.45, 2.75) is 6.92 Å². The van der Waals surface area contributed by atoms with Crippen LogP contribution in [0.15, 0.2) is 18.2 Å². The van der Waals surface area contributed by atoms with E-state index in [2.05, 4.69) is 9.97 Å². The lowest BCUT2D eigenvalue weighted by Crippen LogP contribution is -1.88. The van der Waals surface area contributed by atoms with Gasteiger partial charge in [-0.2, -0.15) is 0 Å². The Morgan fingerprint density at radius 2 is 2.19 bits per heavy atom. The summed E-state index contributed by atoms with van der Waals surface area (Å²) in [5.41, 5.74) is 8.13. The predicted molar refractivity (Wildman–Crippen MR) is 64.7 cm³/mol. The quantitative estimate of drug-likeness (QED) is 0.844. The summed E-state index contributed by atoms with van der Waals surface area (Å²) < 4.78 is 5.19. The van der Waals surface area contributed by atoms with Crippen molar-refractivity contribution >= 4 is 17.5 Å². The molecule has 1 heterocycles. The molecule has 2 aromatic rings. The minimum atomic E-state index is 0.313. The third-order valence-electron chi connectivity index (χ3n) is 2.35. The number of nitrogens with two attached hydrogens (primary N) is 1. The molecule has 3 N–H and O–H groups in total. The van der Waals surface area contributed by atoms with Crippen molar-refractivity contribution in [3.63, 3.8) is 0 Å². The van der Waals surface area contributed by atoms with E-state index in [0.29, 0.717) is 16.8 Å². The van der Waals surface area contributed by atoms with E-state index >= 15 is 0 Å². The fourth-order valence-corrected chi connectivity index (χ4v) is 1.83. The van der Waals surface area contributed by atoms with E-state index in [1.165, 1.54) is 0 Å². The van der Waals surface area contributed by atoms with Crippen LogP contribution in [0.25, 0.3) is 11.3 Å². The zero-order valence-corrected chi connectivity index (χ0v) is 9.80. The van der Waals surface area contributed by atoms with Gasteiger partial charge >= 0.3 is 0 Å². The third-order valence-corrected chi connectivity index (χ3v) is 2.62. The van der Waals surface area contributed by atoms with Gasteiger partial charge in [-0.05, 0) is 30.7 Å². The Hall–Kier alpha value is -1.68. The number of imidazole rings is 1. The van der Waals surface area contributed by atoms with Gasteiger partial charge in [0.15, 0.2) is 5.95 Å². The first-order chi connectivity index (χ1) is 7.61. The van der Waals surface area contributed by atoms with E-state index < -0.39 is 0 Å². The maximum Gasteiger partial charge on any atom is 0.199 e. The number of nitrogens with one attached hydrogen (secondary N) is 1. The standard InChI is InChI=1S/C11H12ClN3O/c1-6-5-7(3-4-8(6)16-2)9-10(12)15-11(13)14-9/h3-5H,1-2H3,(H3,13,14,15). The van der Waals surface area contributed by atoms with Gasteiger partial charge in [-0.3, -0.25) is 0 Å². The minimum absolute atomic E-state index is 0.313. The number of halogens is 1. The zero-order valence-electron chi connectivity index (χ0n) is 9.04. The number of hydrogen-bond acceptors (Lipinski definition) is 3. The number of aromatic nitrogens is 2. The van der Waals surface area contributed by atoms with Crippen molar-refractivity contribution in [3.8, 4) is 17.0 Å². The molecule has 1 aromatic carbocycles. The molecule has 0 unspecified atom stereocenters. The van der Waals surface area contributed by atoms with Crippen molar-refractivity contribution < 1.29 is 4.74 Å². The fraction of sp³-hybridized carbons (Fsp3) is 0.182. The summed E-state index contributed by atoms with van der Waals surface area (Å²) in [6, 6.07) is 5.74. The van der Waals surface area contributed by atoms with Crippen molar-refractivity contribution in [3.05, 3.63) is 28.9 Å². The molecule has 0 atom stereocenters. The van der Waals surface area contributed by atoms with Gasteiger partial charge in [0.25, 0.3) is 0 Å². The lowest BCUT2D eigenvalue weighted by molar-refractivity contribution is 0.412. The largest absolute Gasteiger partial charge is 0.496 e. The Morgan fingerprint density at radius 1 is 1.44 bits per heavy atom. The number of aromatic amines is 1. The molecular weight excluding hydrogens is 226 g/mol. The minimum Gasteiger partial charge on any atom is -0.496 e. The average molecular weight is 238 g/mol. The van der Waals surface area contributed by atoms with Crippen LogP contribution < -0.4 is 10.5 Å². The first-order valence-corrected chi connectivity index (χ1v) is 5.15. The second-order valence-corrected chi connectivity index (χ2v) is 3.85. The number of nitrogens with zero attached hydrogens (tertiary/aromatic N) is 1. The molecule has 5 heteroatoms. The number of methoxy groups -OCH3 is 1. The molecule has 2 rings (SSSR count). The van der Waals surface area contributed by atoms with E-state index in [4.69, 9.17) is 22.1 Å². The van der Waals surface area contributed by atoms with Gasteiger partial charge in [0, 0.05) is 5.56 Å². The van der Waals surface area contributed by atoms with Crippen LogP contribution in [0, 0.1) is 6.92 Å². The Kier molecular flexibility index (Phi) is 2.75. The maximum absolute atomic E-state index is 5.98. The van der Waals surface area contributed by atoms with Crippen LogP contribution in [0.1, 0.15) is 5.56 Å². The van der Waals surface area contributed by atoms with E-state index in [1.54, 1.807) is 7.11 Å². The number of benzene rings is 1. The highest BCUT2D eigenvalue weighted by atomic mass is 35.5. The van der Waals surface area contributed by atoms with Crippen molar-refractivity contribution in [2.24, 2.45) is 0 Å². The van der Waals surface area contributed by atoms with Crippen LogP contribution in [-0.2, 0) is 0 Å². The summed E-state index contributed by atoms with van der Waals surface area (Å²) in [5.74, 6) is 1.15. The lowest BCUT2D eigenvalue weighted by atomic mass is 10.1. The number of H-pyrrole nitrogens is 1. The molecule has 0 aliphatic heterocycles. The molecule has 0 radical (unpaired) electrons. The summed E-state index contributed by atoms with van der Waals surface area (Å²) in [7, 11) is 1.64. The van der Waals surface area contributed by atoms with Gasteiger partial charge in [0.2, 0.25) is 0 Å². The first kappa shape index (κ1) is 10.8. The lowest BCUT2D eigenvalue weighted by Gasteiger charge is -2.05. The molecule has 0 aliphatic rings. The van der Waals surface area contributed by atoms with Gasteiger partial charge in [0.05, 0.1) is 7.11 Å². The molecule has 1 aromatic heterocycles. The molecule has 16 heavy (non-hydrogen) atoms. The Bertz CT molecular complexity index is 522. The first-order valence-electron chi connectivity index (χ1n) is 4.78. The van der Waals surface area contributed by atoms with Crippen LogP contribution in [0.2, 0.25) is 5.15 Å². The molecule has 0 aliphatic carbocycles. The normalized spacial score (nSPS) is 10.4. The molecule has 0 spiro atoms. The molecule has 0 saturated heterocycles. The fourth-order valence-electron chi connectivity index (χ4n) is 1.59. The van der Waals surface area contributed by atoms with Gasteiger partial charge in [-0.15, -0.1) is 0 Å². The third kappa shape index (κ3) is 1.84. The Balaban J connectivity index is 2.49. The summed E-state index contributed by atoms with van der Waals surface area (Å²) in [6.45, 7) is 1.96. The van der Waals surface area contributed by atoms with Crippen molar-refractivity contribution in [1.82, 2.24) is 9.97 Å². The highest BCUT2D eigenvalue weighted by molar-refractivity contribution is 6.32. The van der Waals surface area contributed by atoms with Crippen LogP contribution in [-0.4, -0.2) is 17.1 Å². The summed E-state index contributed by atoms with van der Waals surface area (Å²) >= 11 is 5.98. The Morgan fingerprint density at radius 3 is 2.69 bits per heavy atom. The van der Waals surface area contributed by atoms with Crippen LogP contribution in [0.3, 0.4) is 0 Å². The van der Waals surface area contributed by atoms with Crippen LogP contribution in [0.5, 0.6) is 5.75 Å². The van der Waals surface area contributed by atoms with Crippen molar-refractivity contribution in [2.75, 3.05) is 12.8 Å². The molecule has 0 fully saturated rings. The summed E-state index contributed by atoms with van der Waals surface area (Å²) in [5, 5.41) is 0.446. The second kappa shape index (κ2) is 4.06. The second-order valence-electron chi connectivity index (χ2n) is 3.47. The molecule has 84 valence electrons. The summed E-state index contributed by atoms with van der Waals surface area (Å²) in [4.78, 5) is 6.88. The Labute approximate surface area is 98.4 Å². The number of ether oxygens (including phenoxy) is 1.